The molecule has 0 saturated carbocycles. The fourth-order valence-corrected chi connectivity index (χ4v) is 3.21. The summed E-state index contributed by atoms with van der Waals surface area (Å²) in [4.78, 5) is 12.4. The van der Waals surface area contributed by atoms with Crippen LogP contribution in [0.25, 0.3) is 11.3 Å². The van der Waals surface area contributed by atoms with Gasteiger partial charge < -0.3 is 14.8 Å². The first-order valence-corrected chi connectivity index (χ1v) is 8.89. The van der Waals surface area contributed by atoms with Crippen LogP contribution in [-0.2, 0) is 17.8 Å². The fourth-order valence-electron chi connectivity index (χ4n) is 3.21. The molecule has 27 heavy (non-hydrogen) atoms. The molecule has 0 saturated heterocycles. The number of carbonyl (C=O) groups excluding carboxylic acids is 1. The molecular formula is C21H21N3O3. The summed E-state index contributed by atoms with van der Waals surface area (Å²) < 4.78 is 11.1. The normalized spacial score (nSPS) is 15.8. The van der Waals surface area contributed by atoms with Gasteiger partial charge in [0.1, 0.15) is 11.4 Å². The summed E-state index contributed by atoms with van der Waals surface area (Å²) in [5.41, 5.74) is 4.50. The number of benzene rings is 2. The van der Waals surface area contributed by atoms with Gasteiger partial charge in [0, 0.05) is 18.5 Å². The minimum absolute atomic E-state index is 0.0235. The summed E-state index contributed by atoms with van der Waals surface area (Å²) in [6, 6.07) is 17.5. The van der Waals surface area contributed by atoms with E-state index in [0.29, 0.717) is 24.5 Å². The number of carbonyl (C=O) groups is 1. The van der Waals surface area contributed by atoms with Gasteiger partial charge in [-0.1, -0.05) is 36.4 Å². The molecule has 0 radical (unpaired) electrons. The Balaban J connectivity index is 1.37. The summed E-state index contributed by atoms with van der Waals surface area (Å²) >= 11 is 0. The third-order valence-corrected chi connectivity index (χ3v) is 4.72. The van der Waals surface area contributed by atoms with Crippen molar-refractivity contribution in [3.63, 3.8) is 0 Å². The quantitative estimate of drug-likeness (QED) is 0.731. The Morgan fingerprint density at radius 2 is 2.07 bits per heavy atom. The van der Waals surface area contributed by atoms with Crippen LogP contribution >= 0.6 is 0 Å². The number of methoxy groups -OCH3 is 1. The van der Waals surface area contributed by atoms with Crippen LogP contribution in [0.1, 0.15) is 21.6 Å². The zero-order valence-electron chi connectivity index (χ0n) is 15.1. The van der Waals surface area contributed by atoms with Gasteiger partial charge in [0.15, 0.2) is 0 Å². The van der Waals surface area contributed by atoms with Crippen LogP contribution in [0.5, 0.6) is 5.75 Å². The Labute approximate surface area is 157 Å². The number of H-pyrrole nitrogens is 1. The highest BCUT2D eigenvalue weighted by molar-refractivity contribution is 5.93. The number of ether oxygens (including phenoxy) is 2. The van der Waals surface area contributed by atoms with Gasteiger partial charge in [0.2, 0.25) is 0 Å². The van der Waals surface area contributed by atoms with E-state index in [9.17, 15) is 4.79 Å². The van der Waals surface area contributed by atoms with E-state index in [2.05, 4.69) is 27.6 Å². The third kappa shape index (κ3) is 3.85. The lowest BCUT2D eigenvalue weighted by Gasteiger charge is -2.25. The van der Waals surface area contributed by atoms with Gasteiger partial charge in [-0.3, -0.25) is 9.89 Å². The molecule has 1 aliphatic heterocycles. The summed E-state index contributed by atoms with van der Waals surface area (Å²) in [6.07, 6.45) is 0.777. The van der Waals surface area contributed by atoms with E-state index in [4.69, 9.17) is 9.47 Å². The summed E-state index contributed by atoms with van der Waals surface area (Å²) in [7, 11) is 1.62. The number of fused-ring (bicyclic) bond motifs is 1. The molecule has 1 aliphatic rings. The van der Waals surface area contributed by atoms with Gasteiger partial charge in [-0.15, -0.1) is 0 Å². The molecule has 0 fully saturated rings. The van der Waals surface area contributed by atoms with Crippen LogP contribution in [0.4, 0.5) is 0 Å². The highest BCUT2D eigenvalue weighted by Gasteiger charge is 2.20. The van der Waals surface area contributed by atoms with Crippen LogP contribution in [0, 0.1) is 0 Å². The molecule has 6 heteroatoms. The van der Waals surface area contributed by atoms with Crippen molar-refractivity contribution in [2.45, 2.75) is 19.1 Å². The highest BCUT2D eigenvalue weighted by Crippen LogP contribution is 2.23. The average Bonchev–Trinajstić information content (AvgIpc) is 3.22. The number of aromatic nitrogens is 2. The van der Waals surface area contributed by atoms with Gasteiger partial charge >= 0.3 is 0 Å². The second-order valence-electron chi connectivity index (χ2n) is 6.51. The van der Waals surface area contributed by atoms with Gasteiger partial charge in [-0.25, -0.2) is 0 Å². The van der Waals surface area contributed by atoms with Crippen molar-refractivity contribution in [2.24, 2.45) is 0 Å². The molecule has 138 valence electrons. The van der Waals surface area contributed by atoms with E-state index >= 15 is 0 Å². The van der Waals surface area contributed by atoms with Crippen molar-refractivity contribution in [3.8, 4) is 17.0 Å². The van der Waals surface area contributed by atoms with Crippen molar-refractivity contribution in [1.82, 2.24) is 15.5 Å². The van der Waals surface area contributed by atoms with Crippen LogP contribution in [0.15, 0.2) is 54.6 Å². The molecule has 2 heterocycles. The van der Waals surface area contributed by atoms with Crippen molar-refractivity contribution < 1.29 is 14.3 Å². The number of nitrogens with zero attached hydrogens (tertiary/aromatic N) is 1. The molecule has 1 amide bonds. The number of rotatable bonds is 5. The summed E-state index contributed by atoms with van der Waals surface area (Å²) in [5, 5.41) is 9.96. The number of nitrogens with one attached hydrogen (secondary N) is 2. The van der Waals surface area contributed by atoms with Crippen molar-refractivity contribution in [1.29, 1.82) is 0 Å². The van der Waals surface area contributed by atoms with E-state index in [0.717, 1.165) is 17.7 Å². The lowest BCUT2D eigenvalue weighted by molar-refractivity contribution is 0.0284. The Kier molecular flexibility index (Phi) is 4.89. The van der Waals surface area contributed by atoms with Crippen LogP contribution in [0.2, 0.25) is 0 Å². The Morgan fingerprint density at radius 1 is 1.22 bits per heavy atom. The van der Waals surface area contributed by atoms with Crippen molar-refractivity contribution in [3.05, 3.63) is 71.4 Å². The van der Waals surface area contributed by atoms with Crippen LogP contribution in [0.3, 0.4) is 0 Å². The van der Waals surface area contributed by atoms with E-state index in [-0.39, 0.29) is 12.0 Å². The Bertz CT molecular complexity index is 951. The number of amides is 1. The van der Waals surface area contributed by atoms with Crippen molar-refractivity contribution in [2.75, 3.05) is 13.7 Å². The van der Waals surface area contributed by atoms with E-state index < -0.39 is 0 Å². The lowest BCUT2D eigenvalue weighted by Crippen LogP contribution is -2.36. The molecule has 4 rings (SSSR count). The predicted molar refractivity (Wildman–Crippen MR) is 102 cm³/mol. The standard InChI is InChI=1S/C21H21N3O3/c1-26-17-8-4-7-15(10-17)19-11-20(24-23-19)21(25)22-12-18-9-14-5-2-3-6-16(14)13-27-18/h2-8,10-11,18H,9,12-13H2,1H3,(H,22,25)(H,23,24). The molecule has 3 aromatic rings. The van der Waals surface area contributed by atoms with E-state index in [1.807, 2.05) is 36.4 Å². The lowest BCUT2D eigenvalue weighted by atomic mass is 9.99. The van der Waals surface area contributed by atoms with Crippen molar-refractivity contribution >= 4 is 5.91 Å². The second kappa shape index (κ2) is 7.63. The molecule has 1 atom stereocenters. The molecule has 2 N–H and O–H groups in total. The van der Waals surface area contributed by atoms with Gasteiger partial charge in [-0.2, -0.15) is 5.10 Å². The number of hydrogen-bond acceptors (Lipinski definition) is 4. The Morgan fingerprint density at radius 3 is 2.93 bits per heavy atom. The molecule has 6 nitrogen and oxygen atoms in total. The topological polar surface area (TPSA) is 76.2 Å². The fraction of sp³-hybridized carbons (Fsp3) is 0.238. The Hall–Kier alpha value is -3.12. The molecule has 0 bridgehead atoms. The first-order chi connectivity index (χ1) is 13.2. The zero-order chi connectivity index (χ0) is 18.6. The predicted octanol–water partition coefficient (Wildman–Crippen LogP) is 2.96. The molecule has 2 aromatic carbocycles. The third-order valence-electron chi connectivity index (χ3n) is 4.72. The van der Waals surface area contributed by atoms with Gasteiger partial charge in [0.25, 0.3) is 5.91 Å². The highest BCUT2D eigenvalue weighted by atomic mass is 16.5. The minimum atomic E-state index is -0.195. The molecule has 0 aliphatic carbocycles. The van der Waals surface area contributed by atoms with E-state index in [1.165, 1.54) is 11.1 Å². The van der Waals surface area contributed by atoms with Crippen LogP contribution in [-0.4, -0.2) is 35.9 Å². The largest absolute Gasteiger partial charge is 0.497 e. The molecule has 0 spiro atoms. The van der Waals surface area contributed by atoms with Gasteiger partial charge in [0.05, 0.1) is 25.5 Å². The first-order valence-electron chi connectivity index (χ1n) is 8.89. The zero-order valence-corrected chi connectivity index (χ0v) is 15.1. The maximum absolute atomic E-state index is 12.4. The van der Waals surface area contributed by atoms with E-state index in [1.54, 1.807) is 13.2 Å². The molecule has 1 aromatic heterocycles. The summed E-state index contributed by atoms with van der Waals surface area (Å²) in [6.45, 7) is 1.04. The summed E-state index contributed by atoms with van der Waals surface area (Å²) in [5.74, 6) is 0.551. The number of hydrogen-bond donors (Lipinski definition) is 2. The first kappa shape index (κ1) is 17.3. The van der Waals surface area contributed by atoms with Gasteiger partial charge in [-0.05, 0) is 29.3 Å². The average molecular weight is 363 g/mol. The SMILES string of the molecule is COc1cccc(-c2cc(C(=O)NCC3Cc4ccccc4CO3)[nH]n2)c1. The second-order valence-corrected chi connectivity index (χ2v) is 6.51. The maximum atomic E-state index is 12.4. The smallest absolute Gasteiger partial charge is 0.269 e. The minimum Gasteiger partial charge on any atom is -0.497 e. The number of aromatic amines is 1. The maximum Gasteiger partial charge on any atom is 0.269 e. The van der Waals surface area contributed by atoms with Crippen LogP contribution < -0.4 is 10.1 Å². The monoisotopic (exact) mass is 363 g/mol. The molecule has 1 unspecified atom stereocenters. The molecular weight excluding hydrogens is 342 g/mol.